The Morgan fingerprint density at radius 3 is 1.91 bits per heavy atom. The Kier molecular flexibility index (Phi) is 13.0. The van der Waals surface area contributed by atoms with E-state index in [-0.39, 0.29) is 18.2 Å². The minimum Gasteiger partial charge on any atom is -0.380 e. The molecular formula is C20H45NO2. The maximum absolute atomic E-state index is 12.3. The molecule has 0 saturated heterocycles. The molecule has 0 spiro atoms. The van der Waals surface area contributed by atoms with Crippen molar-refractivity contribution >= 4 is 5.78 Å². The molecule has 0 aliphatic rings. The van der Waals surface area contributed by atoms with Crippen molar-refractivity contribution in [3.63, 3.8) is 0 Å². The lowest BCUT2D eigenvalue weighted by Crippen LogP contribution is -2.41. The van der Waals surface area contributed by atoms with Crippen molar-refractivity contribution in [2.24, 2.45) is 16.7 Å². The molecule has 0 heterocycles. The summed E-state index contributed by atoms with van der Waals surface area (Å²) in [6.45, 7) is 23.0. The van der Waals surface area contributed by atoms with Gasteiger partial charge in [0.25, 0.3) is 0 Å². The van der Waals surface area contributed by atoms with Crippen LogP contribution in [0.3, 0.4) is 0 Å². The standard InChI is InChI=1S/C18H37NO2.C2H6.H2/c1-9-17(7,11-19-15(5)6)12-21-13-18(8,10-2)16(20)14(3)4;1-2;/h14-15,19H,9-13H2,1-8H3;1-2H3;1H. The van der Waals surface area contributed by atoms with E-state index in [9.17, 15) is 4.79 Å². The van der Waals surface area contributed by atoms with E-state index >= 15 is 0 Å². The van der Waals surface area contributed by atoms with Gasteiger partial charge >= 0.3 is 0 Å². The van der Waals surface area contributed by atoms with Crippen molar-refractivity contribution in [2.45, 2.75) is 88.1 Å². The summed E-state index contributed by atoms with van der Waals surface area (Å²) in [5.74, 6) is 0.377. The molecule has 0 bridgehead atoms. The lowest BCUT2D eigenvalue weighted by atomic mass is 9.79. The van der Waals surface area contributed by atoms with E-state index in [2.05, 4.69) is 39.9 Å². The molecule has 0 aliphatic carbocycles. The highest BCUT2D eigenvalue weighted by atomic mass is 16.5. The van der Waals surface area contributed by atoms with Gasteiger partial charge in [0, 0.05) is 30.8 Å². The predicted molar refractivity (Wildman–Crippen MR) is 104 cm³/mol. The SMILES string of the molecule is CC.CCC(C)(CNC(C)C)COCC(C)(CC)C(=O)C(C)C.[HH]. The van der Waals surface area contributed by atoms with Gasteiger partial charge in [-0.1, -0.05) is 69.2 Å². The Morgan fingerprint density at radius 2 is 1.57 bits per heavy atom. The number of hydrogen-bond donors (Lipinski definition) is 1. The second kappa shape index (κ2) is 12.0. The van der Waals surface area contributed by atoms with Gasteiger partial charge in [0.2, 0.25) is 0 Å². The maximum Gasteiger partial charge on any atom is 0.143 e. The quantitative estimate of drug-likeness (QED) is 0.556. The highest BCUT2D eigenvalue weighted by Crippen LogP contribution is 2.28. The van der Waals surface area contributed by atoms with Crippen LogP contribution in [0.1, 0.15) is 83.5 Å². The summed E-state index contributed by atoms with van der Waals surface area (Å²) in [7, 11) is 0. The molecule has 0 fully saturated rings. The molecule has 0 amide bonds. The first-order valence-electron chi connectivity index (χ1n) is 9.45. The average Bonchev–Trinajstić information content (AvgIpc) is 2.53. The molecule has 0 aliphatic heterocycles. The van der Waals surface area contributed by atoms with E-state index in [1.165, 1.54) is 0 Å². The summed E-state index contributed by atoms with van der Waals surface area (Å²) in [5.41, 5.74) is -0.228. The first-order valence-corrected chi connectivity index (χ1v) is 9.45. The number of carbonyl (C=O) groups excluding carboxylic acids is 1. The minimum absolute atomic E-state index is 0. The fraction of sp³-hybridized carbons (Fsp3) is 0.950. The molecule has 2 atom stereocenters. The van der Waals surface area contributed by atoms with Crippen molar-refractivity contribution in [3.05, 3.63) is 0 Å². The molecule has 0 aromatic rings. The van der Waals surface area contributed by atoms with E-state index in [0.717, 1.165) is 19.4 Å². The van der Waals surface area contributed by atoms with Crippen molar-refractivity contribution in [3.8, 4) is 0 Å². The number of hydrogen-bond acceptors (Lipinski definition) is 3. The van der Waals surface area contributed by atoms with Gasteiger partial charge in [0.15, 0.2) is 0 Å². The van der Waals surface area contributed by atoms with Crippen LogP contribution in [0.5, 0.6) is 0 Å². The van der Waals surface area contributed by atoms with E-state index in [0.29, 0.717) is 25.0 Å². The zero-order valence-electron chi connectivity index (χ0n) is 17.5. The maximum atomic E-state index is 12.3. The predicted octanol–water partition coefficient (Wildman–Crippen LogP) is 5.33. The summed E-state index contributed by atoms with van der Waals surface area (Å²) in [5, 5.41) is 3.49. The Morgan fingerprint density at radius 1 is 1.04 bits per heavy atom. The molecule has 0 saturated carbocycles. The van der Waals surface area contributed by atoms with Crippen LogP contribution < -0.4 is 5.32 Å². The van der Waals surface area contributed by atoms with Gasteiger partial charge in [-0.05, 0) is 12.8 Å². The molecule has 0 aromatic carbocycles. The largest absolute Gasteiger partial charge is 0.380 e. The zero-order valence-corrected chi connectivity index (χ0v) is 17.5. The van der Waals surface area contributed by atoms with Crippen LogP contribution in [0.2, 0.25) is 0 Å². The highest BCUT2D eigenvalue weighted by molar-refractivity contribution is 5.86. The minimum atomic E-state index is -0.353. The topological polar surface area (TPSA) is 38.3 Å². The van der Waals surface area contributed by atoms with E-state index in [1.807, 2.05) is 34.6 Å². The number of carbonyl (C=O) groups is 1. The van der Waals surface area contributed by atoms with Crippen LogP contribution in [-0.2, 0) is 9.53 Å². The lowest BCUT2D eigenvalue weighted by Gasteiger charge is -2.33. The molecular weight excluding hydrogens is 286 g/mol. The average molecular weight is 332 g/mol. The molecule has 0 rings (SSSR count). The normalized spacial score (nSPS) is 16.5. The van der Waals surface area contributed by atoms with Crippen LogP contribution in [0, 0.1) is 16.7 Å². The van der Waals surface area contributed by atoms with Gasteiger partial charge in [0.1, 0.15) is 5.78 Å². The van der Waals surface area contributed by atoms with Gasteiger partial charge in [-0.3, -0.25) is 4.79 Å². The summed E-state index contributed by atoms with van der Waals surface area (Å²) in [4.78, 5) is 12.3. The summed E-state index contributed by atoms with van der Waals surface area (Å²) in [6.07, 6.45) is 1.89. The molecule has 2 unspecified atom stereocenters. The van der Waals surface area contributed by atoms with Crippen molar-refractivity contribution in [1.82, 2.24) is 5.32 Å². The fourth-order valence-electron chi connectivity index (χ4n) is 2.30. The second-order valence-electron chi connectivity index (χ2n) is 7.63. The van der Waals surface area contributed by atoms with E-state index in [1.54, 1.807) is 0 Å². The smallest absolute Gasteiger partial charge is 0.143 e. The van der Waals surface area contributed by atoms with Crippen LogP contribution in [0.25, 0.3) is 0 Å². The number of Topliss-reactive ketones (excluding diaryl/α,β-unsaturated/α-hetero) is 1. The first-order chi connectivity index (χ1) is 10.6. The number of nitrogens with one attached hydrogen (secondary N) is 1. The molecule has 0 aromatic heterocycles. The Bertz CT molecular complexity index is 321. The van der Waals surface area contributed by atoms with Crippen LogP contribution in [0.15, 0.2) is 0 Å². The van der Waals surface area contributed by atoms with Crippen molar-refractivity contribution in [1.29, 1.82) is 0 Å². The molecule has 142 valence electrons. The van der Waals surface area contributed by atoms with Gasteiger partial charge in [-0.2, -0.15) is 0 Å². The Labute approximate surface area is 147 Å². The highest BCUT2D eigenvalue weighted by Gasteiger charge is 2.34. The fourth-order valence-corrected chi connectivity index (χ4v) is 2.30. The van der Waals surface area contributed by atoms with Gasteiger partial charge in [0.05, 0.1) is 13.2 Å². The third-order valence-corrected chi connectivity index (χ3v) is 4.56. The Balaban J connectivity index is -0.00000141. The number of ether oxygens (including phenoxy) is 1. The van der Waals surface area contributed by atoms with Crippen LogP contribution in [0.4, 0.5) is 0 Å². The van der Waals surface area contributed by atoms with Crippen LogP contribution in [-0.4, -0.2) is 31.6 Å². The van der Waals surface area contributed by atoms with Gasteiger partial charge in [-0.25, -0.2) is 0 Å². The molecule has 3 nitrogen and oxygen atoms in total. The molecule has 3 heteroatoms. The number of ketones is 1. The number of rotatable bonds is 11. The van der Waals surface area contributed by atoms with Gasteiger partial charge < -0.3 is 10.1 Å². The van der Waals surface area contributed by atoms with Crippen molar-refractivity contribution < 1.29 is 11.0 Å². The van der Waals surface area contributed by atoms with Crippen LogP contribution >= 0.6 is 0 Å². The van der Waals surface area contributed by atoms with Crippen molar-refractivity contribution in [2.75, 3.05) is 19.8 Å². The Hall–Kier alpha value is -0.410. The first kappa shape index (κ1) is 24.8. The van der Waals surface area contributed by atoms with E-state index < -0.39 is 0 Å². The summed E-state index contributed by atoms with van der Waals surface area (Å²) >= 11 is 0. The van der Waals surface area contributed by atoms with Gasteiger partial charge in [-0.15, -0.1) is 0 Å². The third kappa shape index (κ3) is 9.46. The summed E-state index contributed by atoms with van der Waals surface area (Å²) < 4.78 is 5.99. The zero-order chi connectivity index (χ0) is 18.7. The molecule has 23 heavy (non-hydrogen) atoms. The second-order valence-corrected chi connectivity index (χ2v) is 7.63. The monoisotopic (exact) mass is 331 g/mol. The molecule has 1 N–H and O–H groups in total. The van der Waals surface area contributed by atoms with E-state index in [4.69, 9.17) is 4.74 Å². The third-order valence-electron chi connectivity index (χ3n) is 4.56. The molecule has 0 radical (unpaired) electrons. The lowest BCUT2D eigenvalue weighted by molar-refractivity contribution is -0.135. The summed E-state index contributed by atoms with van der Waals surface area (Å²) in [6, 6.07) is 0.485.